The van der Waals surface area contributed by atoms with E-state index in [1.807, 2.05) is 6.92 Å². The van der Waals surface area contributed by atoms with Crippen LogP contribution in [0.4, 0.5) is 10.1 Å². The van der Waals surface area contributed by atoms with E-state index < -0.39 is 22.4 Å². The van der Waals surface area contributed by atoms with Gasteiger partial charge in [-0.25, -0.2) is 12.8 Å². The van der Waals surface area contributed by atoms with Crippen molar-refractivity contribution >= 4 is 21.6 Å². The van der Waals surface area contributed by atoms with E-state index in [0.29, 0.717) is 17.6 Å². The van der Waals surface area contributed by atoms with Gasteiger partial charge in [0.15, 0.2) is 0 Å². The summed E-state index contributed by atoms with van der Waals surface area (Å²) in [7, 11) is -2.69. The van der Waals surface area contributed by atoms with Crippen LogP contribution in [-0.4, -0.2) is 34.0 Å². The van der Waals surface area contributed by atoms with Gasteiger partial charge in [0.25, 0.3) is 10.0 Å². The third kappa shape index (κ3) is 4.46. The minimum absolute atomic E-state index is 0.0224. The SMILES string of the molecule is COc1ccccc1N(CC(=O)NC(C)C1CC2CCC1C2)S(=O)(=O)c1ccc(F)cc1. The summed E-state index contributed by atoms with van der Waals surface area (Å²) in [5.74, 6) is 1.25. The molecule has 2 bridgehead atoms. The zero-order chi connectivity index (χ0) is 22.9. The number of anilines is 1. The molecule has 2 saturated carbocycles. The number of para-hydroxylation sites is 2. The van der Waals surface area contributed by atoms with Crippen molar-refractivity contribution in [3.05, 3.63) is 54.3 Å². The van der Waals surface area contributed by atoms with E-state index in [4.69, 9.17) is 4.74 Å². The molecular weight excluding hydrogens is 431 g/mol. The maximum absolute atomic E-state index is 13.5. The van der Waals surface area contributed by atoms with E-state index in [2.05, 4.69) is 5.32 Å². The van der Waals surface area contributed by atoms with Gasteiger partial charge in [0, 0.05) is 6.04 Å². The Labute approximate surface area is 188 Å². The normalized spacial score (nSPS) is 23.0. The van der Waals surface area contributed by atoms with Crippen molar-refractivity contribution in [3.63, 3.8) is 0 Å². The van der Waals surface area contributed by atoms with Gasteiger partial charge in [-0.1, -0.05) is 18.6 Å². The molecule has 1 N–H and O–H groups in total. The van der Waals surface area contributed by atoms with Crippen molar-refractivity contribution in [1.82, 2.24) is 5.32 Å². The number of sulfonamides is 1. The summed E-state index contributed by atoms with van der Waals surface area (Å²) in [6.07, 6.45) is 4.84. The Morgan fingerprint density at radius 1 is 1.16 bits per heavy atom. The molecule has 172 valence electrons. The molecule has 2 aromatic carbocycles. The third-order valence-electron chi connectivity index (χ3n) is 6.87. The number of rotatable bonds is 8. The van der Waals surface area contributed by atoms with E-state index in [9.17, 15) is 17.6 Å². The molecule has 1 amide bonds. The van der Waals surface area contributed by atoms with Crippen LogP contribution in [0.2, 0.25) is 0 Å². The molecule has 4 rings (SSSR count). The number of nitrogens with one attached hydrogen (secondary N) is 1. The summed E-state index contributed by atoms with van der Waals surface area (Å²) in [4.78, 5) is 12.9. The first-order valence-electron chi connectivity index (χ1n) is 11.0. The van der Waals surface area contributed by atoms with Crippen LogP contribution in [0.25, 0.3) is 0 Å². The molecule has 0 radical (unpaired) electrons. The van der Waals surface area contributed by atoms with E-state index in [0.717, 1.165) is 28.8 Å². The first kappa shape index (κ1) is 22.6. The first-order valence-corrected chi connectivity index (χ1v) is 12.4. The molecule has 2 aliphatic carbocycles. The number of carbonyl (C=O) groups is 1. The maximum Gasteiger partial charge on any atom is 0.264 e. The Balaban J connectivity index is 1.59. The fraction of sp³-hybridized carbons (Fsp3) is 0.458. The molecule has 0 spiro atoms. The van der Waals surface area contributed by atoms with Crippen LogP contribution >= 0.6 is 0 Å². The van der Waals surface area contributed by atoms with Crippen molar-refractivity contribution in [2.45, 2.75) is 43.5 Å². The summed E-state index contributed by atoms with van der Waals surface area (Å²) in [5, 5.41) is 3.03. The molecule has 2 aromatic rings. The van der Waals surface area contributed by atoms with Crippen molar-refractivity contribution < 1.29 is 22.3 Å². The summed E-state index contributed by atoms with van der Waals surface area (Å²) in [6, 6.07) is 11.2. The van der Waals surface area contributed by atoms with Gasteiger partial charge in [0.2, 0.25) is 5.91 Å². The number of carbonyl (C=O) groups excluding carboxylic acids is 1. The Bertz CT molecular complexity index is 1070. The topological polar surface area (TPSA) is 75.7 Å². The molecular formula is C24H29FN2O4S. The lowest BCUT2D eigenvalue weighted by atomic mass is 9.84. The second-order valence-electron chi connectivity index (χ2n) is 8.83. The lowest BCUT2D eigenvalue weighted by Crippen LogP contribution is -2.46. The lowest BCUT2D eigenvalue weighted by Gasteiger charge is -2.30. The number of nitrogens with zero attached hydrogens (tertiary/aromatic N) is 1. The second kappa shape index (κ2) is 9.10. The van der Waals surface area contributed by atoms with Crippen LogP contribution in [0.15, 0.2) is 53.4 Å². The molecule has 32 heavy (non-hydrogen) atoms. The summed E-state index contributed by atoms with van der Waals surface area (Å²) in [6.45, 7) is 1.61. The Morgan fingerprint density at radius 2 is 1.88 bits per heavy atom. The molecule has 4 atom stereocenters. The molecule has 0 aliphatic heterocycles. The van der Waals surface area contributed by atoms with Gasteiger partial charge < -0.3 is 10.1 Å². The second-order valence-corrected chi connectivity index (χ2v) is 10.7. The van der Waals surface area contributed by atoms with E-state index in [-0.39, 0.29) is 22.5 Å². The number of amides is 1. The molecule has 2 fully saturated rings. The number of hydrogen-bond donors (Lipinski definition) is 1. The average Bonchev–Trinajstić information content (AvgIpc) is 3.41. The van der Waals surface area contributed by atoms with Gasteiger partial charge in [-0.05, 0) is 80.3 Å². The fourth-order valence-corrected chi connectivity index (χ4v) is 6.74. The maximum atomic E-state index is 13.5. The van der Waals surface area contributed by atoms with Crippen molar-refractivity contribution in [1.29, 1.82) is 0 Å². The zero-order valence-electron chi connectivity index (χ0n) is 18.3. The van der Waals surface area contributed by atoms with Crippen molar-refractivity contribution in [2.24, 2.45) is 17.8 Å². The van der Waals surface area contributed by atoms with Gasteiger partial charge in [0.1, 0.15) is 18.1 Å². The third-order valence-corrected chi connectivity index (χ3v) is 8.64. The number of fused-ring (bicyclic) bond motifs is 2. The van der Waals surface area contributed by atoms with Crippen molar-refractivity contribution in [3.8, 4) is 5.75 Å². The number of methoxy groups -OCH3 is 1. The van der Waals surface area contributed by atoms with Gasteiger partial charge in [-0.2, -0.15) is 0 Å². The highest BCUT2D eigenvalue weighted by atomic mass is 32.2. The molecule has 6 nitrogen and oxygen atoms in total. The van der Waals surface area contributed by atoms with Crippen LogP contribution in [0.3, 0.4) is 0 Å². The van der Waals surface area contributed by atoms with Crippen LogP contribution < -0.4 is 14.4 Å². The molecule has 0 aromatic heterocycles. The van der Waals surface area contributed by atoms with Gasteiger partial charge in [-0.3, -0.25) is 9.10 Å². The highest BCUT2D eigenvalue weighted by molar-refractivity contribution is 7.92. The highest BCUT2D eigenvalue weighted by Crippen LogP contribution is 2.49. The first-order chi connectivity index (χ1) is 15.3. The smallest absolute Gasteiger partial charge is 0.264 e. The summed E-state index contributed by atoms with van der Waals surface area (Å²) < 4.78 is 46.7. The van der Waals surface area contributed by atoms with Crippen LogP contribution in [0, 0.1) is 23.6 Å². The Kier molecular flexibility index (Phi) is 6.42. The van der Waals surface area contributed by atoms with Gasteiger partial charge in [0.05, 0.1) is 17.7 Å². The summed E-state index contributed by atoms with van der Waals surface area (Å²) in [5.41, 5.74) is 0.252. The quantitative estimate of drug-likeness (QED) is 0.647. The lowest BCUT2D eigenvalue weighted by molar-refractivity contribution is -0.120. The number of hydrogen-bond acceptors (Lipinski definition) is 4. The standard InChI is InChI=1S/C24H29FN2O4S/c1-16(21-14-17-7-8-18(21)13-17)26-24(28)15-27(22-5-3-4-6-23(22)31-2)32(29,30)20-11-9-19(25)10-12-20/h3-6,9-12,16-18,21H,7-8,13-15H2,1-2H3,(H,26,28). The number of benzene rings is 2. The van der Waals surface area contributed by atoms with Crippen LogP contribution in [0.5, 0.6) is 5.75 Å². The largest absolute Gasteiger partial charge is 0.495 e. The average molecular weight is 461 g/mol. The van der Waals surface area contributed by atoms with E-state index in [1.54, 1.807) is 24.3 Å². The van der Waals surface area contributed by atoms with Gasteiger partial charge >= 0.3 is 0 Å². The van der Waals surface area contributed by atoms with E-state index in [1.165, 1.54) is 38.5 Å². The van der Waals surface area contributed by atoms with Crippen molar-refractivity contribution in [2.75, 3.05) is 18.0 Å². The highest BCUT2D eigenvalue weighted by Gasteiger charge is 2.42. The Hall–Kier alpha value is -2.61. The van der Waals surface area contributed by atoms with Crippen LogP contribution in [0.1, 0.15) is 32.6 Å². The Morgan fingerprint density at radius 3 is 2.50 bits per heavy atom. The monoisotopic (exact) mass is 460 g/mol. The minimum atomic E-state index is -4.14. The molecule has 0 saturated heterocycles. The molecule has 4 unspecified atom stereocenters. The van der Waals surface area contributed by atoms with E-state index >= 15 is 0 Å². The minimum Gasteiger partial charge on any atom is -0.495 e. The zero-order valence-corrected chi connectivity index (χ0v) is 19.1. The predicted molar refractivity (Wildman–Crippen MR) is 120 cm³/mol. The van der Waals surface area contributed by atoms with Crippen LogP contribution in [-0.2, 0) is 14.8 Å². The molecule has 8 heteroatoms. The molecule has 0 heterocycles. The van der Waals surface area contributed by atoms with Gasteiger partial charge in [-0.15, -0.1) is 0 Å². The number of halogens is 1. The number of ether oxygens (including phenoxy) is 1. The predicted octanol–water partition coefficient (Wildman–Crippen LogP) is 3.97. The summed E-state index contributed by atoms with van der Waals surface area (Å²) >= 11 is 0. The fourth-order valence-electron chi connectivity index (χ4n) is 5.31. The molecule has 2 aliphatic rings.